The summed E-state index contributed by atoms with van der Waals surface area (Å²) in [5.41, 5.74) is 1.67. The van der Waals surface area contributed by atoms with Crippen molar-refractivity contribution < 1.29 is 19.8 Å². The second-order valence-corrected chi connectivity index (χ2v) is 12.2. The van der Waals surface area contributed by atoms with Crippen molar-refractivity contribution in [2.75, 3.05) is 23.0 Å². The average Bonchev–Trinajstić information content (AvgIpc) is 2.86. The molecule has 0 aliphatic carbocycles. The average molecular weight is 539 g/mol. The standard InChI is InChI=1S/C30H50O4S2/c1-3-5-7-9-11-13-21-35-23-15-17-25-19-20-27(29(31)32)28(30(33)34)26(25)18-16-24-36-22-14-12-10-8-6-4-2/h19-20H,3-18,21-24H2,1-2H3,(H,31,32)(H,33,34). The second kappa shape index (κ2) is 21.9. The number of carbonyl (C=O) groups is 2. The lowest BCUT2D eigenvalue weighted by atomic mass is 9.91. The lowest BCUT2D eigenvalue weighted by molar-refractivity contribution is 0.0650. The van der Waals surface area contributed by atoms with Gasteiger partial charge in [0.25, 0.3) is 0 Å². The summed E-state index contributed by atoms with van der Waals surface area (Å²) >= 11 is 3.92. The zero-order valence-electron chi connectivity index (χ0n) is 22.8. The third kappa shape index (κ3) is 14.6. The predicted molar refractivity (Wildman–Crippen MR) is 158 cm³/mol. The van der Waals surface area contributed by atoms with E-state index in [2.05, 4.69) is 13.8 Å². The molecule has 0 radical (unpaired) electrons. The van der Waals surface area contributed by atoms with Crippen LogP contribution in [0.25, 0.3) is 0 Å². The van der Waals surface area contributed by atoms with Crippen LogP contribution >= 0.6 is 23.5 Å². The molecule has 6 heteroatoms. The maximum absolute atomic E-state index is 12.1. The highest BCUT2D eigenvalue weighted by Crippen LogP contribution is 2.25. The van der Waals surface area contributed by atoms with Gasteiger partial charge in [-0.05, 0) is 78.7 Å². The van der Waals surface area contributed by atoms with Crippen molar-refractivity contribution in [1.82, 2.24) is 0 Å². The molecule has 0 aliphatic heterocycles. The van der Waals surface area contributed by atoms with E-state index in [0.29, 0.717) is 6.42 Å². The molecule has 0 bridgehead atoms. The van der Waals surface area contributed by atoms with Crippen molar-refractivity contribution in [1.29, 1.82) is 0 Å². The van der Waals surface area contributed by atoms with Gasteiger partial charge in [0, 0.05) is 0 Å². The number of aryl methyl sites for hydroxylation is 1. The Bertz CT molecular complexity index is 736. The molecule has 1 aromatic carbocycles. The quantitative estimate of drug-likeness (QED) is 0.128. The lowest BCUT2D eigenvalue weighted by Crippen LogP contribution is -2.14. The van der Waals surface area contributed by atoms with Crippen LogP contribution in [0.3, 0.4) is 0 Å². The van der Waals surface area contributed by atoms with E-state index in [1.165, 1.54) is 88.9 Å². The van der Waals surface area contributed by atoms with Crippen LogP contribution in [0, 0.1) is 0 Å². The van der Waals surface area contributed by atoms with E-state index >= 15 is 0 Å². The molecule has 206 valence electrons. The summed E-state index contributed by atoms with van der Waals surface area (Å²) in [5, 5.41) is 19.4. The van der Waals surface area contributed by atoms with Crippen LogP contribution in [0.4, 0.5) is 0 Å². The summed E-state index contributed by atoms with van der Waals surface area (Å²) in [7, 11) is 0. The first-order valence-corrected chi connectivity index (χ1v) is 16.6. The van der Waals surface area contributed by atoms with E-state index in [0.717, 1.165) is 47.6 Å². The van der Waals surface area contributed by atoms with Crippen LogP contribution < -0.4 is 0 Å². The summed E-state index contributed by atoms with van der Waals surface area (Å²) in [4.78, 5) is 23.8. The zero-order valence-corrected chi connectivity index (χ0v) is 24.5. The molecule has 4 nitrogen and oxygen atoms in total. The summed E-state index contributed by atoms with van der Waals surface area (Å²) in [6.07, 6.45) is 19.0. The minimum absolute atomic E-state index is 0.000608. The number of unbranched alkanes of at least 4 members (excludes halogenated alkanes) is 10. The van der Waals surface area contributed by atoms with Gasteiger partial charge in [0.2, 0.25) is 0 Å². The molecule has 0 spiro atoms. The zero-order chi connectivity index (χ0) is 26.4. The second-order valence-electron chi connectivity index (χ2n) is 9.70. The number of hydrogen-bond acceptors (Lipinski definition) is 4. The highest BCUT2D eigenvalue weighted by atomic mass is 32.2. The van der Waals surface area contributed by atoms with Crippen molar-refractivity contribution in [3.05, 3.63) is 34.4 Å². The fraction of sp³-hybridized carbons (Fsp3) is 0.733. The van der Waals surface area contributed by atoms with Gasteiger partial charge < -0.3 is 10.2 Å². The third-order valence-electron chi connectivity index (χ3n) is 6.59. The number of rotatable bonds is 24. The fourth-order valence-corrected chi connectivity index (χ4v) is 6.44. The van der Waals surface area contributed by atoms with Gasteiger partial charge in [-0.3, -0.25) is 0 Å². The molecule has 1 rings (SSSR count). The van der Waals surface area contributed by atoms with Crippen LogP contribution in [0.2, 0.25) is 0 Å². The lowest BCUT2D eigenvalue weighted by Gasteiger charge is -2.15. The summed E-state index contributed by atoms with van der Waals surface area (Å²) in [6.45, 7) is 4.48. The molecule has 0 heterocycles. The highest BCUT2D eigenvalue weighted by Gasteiger charge is 2.22. The molecule has 36 heavy (non-hydrogen) atoms. The smallest absolute Gasteiger partial charge is 0.336 e. The molecule has 0 aliphatic rings. The summed E-state index contributed by atoms with van der Waals surface area (Å²) < 4.78 is 0. The van der Waals surface area contributed by atoms with Crippen molar-refractivity contribution in [2.45, 2.75) is 117 Å². The Balaban J connectivity index is 2.53. The van der Waals surface area contributed by atoms with E-state index in [1.54, 1.807) is 0 Å². The van der Waals surface area contributed by atoms with Gasteiger partial charge in [-0.1, -0.05) is 84.1 Å². The van der Waals surface area contributed by atoms with Crippen molar-refractivity contribution in [3.8, 4) is 0 Å². The van der Waals surface area contributed by atoms with Crippen LogP contribution in [0.1, 0.15) is 136 Å². The van der Waals surface area contributed by atoms with Gasteiger partial charge in [0.15, 0.2) is 0 Å². The molecule has 1 aromatic rings. The summed E-state index contributed by atoms with van der Waals surface area (Å²) in [6, 6.07) is 3.34. The molecule has 0 saturated carbocycles. The van der Waals surface area contributed by atoms with Gasteiger partial charge >= 0.3 is 11.9 Å². The Kier molecular flexibility index (Phi) is 20.0. The Hall–Kier alpha value is -1.14. The molecular weight excluding hydrogens is 488 g/mol. The highest BCUT2D eigenvalue weighted by molar-refractivity contribution is 7.99. The number of aromatic carboxylic acids is 2. The van der Waals surface area contributed by atoms with E-state index in [4.69, 9.17) is 0 Å². The van der Waals surface area contributed by atoms with Crippen molar-refractivity contribution in [3.63, 3.8) is 0 Å². The molecule has 0 amide bonds. The maximum atomic E-state index is 12.1. The van der Waals surface area contributed by atoms with E-state index in [1.807, 2.05) is 29.6 Å². The molecular formula is C30H50O4S2. The summed E-state index contributed by atoms with van der Waals surface area (Å²) in [5.74, 6) is 2.10. The monoisotopic (exact) mass is 538 g/mol. The topological polar surface area (TPSA) is 74.6 Å². The Morgan fingerprint density at radius 3 is 1.58 bits per heavy atom. The first-order chi connectivity index (χ1) is 17.5. The van der Waals surface area contributed by atoms with Crippen molar-refractivity contribution >= 4 is 35.5 Å². The molecule has 0 aromatic heterocycles. The number of thioether (sulfide) groups is 2. The fourth-order valence-electron chi connectivity index (χ4n) is 4.52. The van der Waals surface area contributed by atoms with Gasteiger partial charge in [-0.15, -0.1) is 0 Å². The largest absolute Gasteiger partial charge is 0.478 e. The van der Waals surface area contributed by atoms with Crippen molar-refractivity contribution in [2.24, 2.45) is 0 Å². The normalized spacial score (nSPS) is 11.2. The molecule has 2 N–H and O–H groups in total. The van der Waals surface area contributed by atoms with Gasteiger partial charge in [0.05, 0.1) is 11.1 Å². The van der Waals surface area contributed by atoms with Crippen LogP contribution in [0.15, 0.2) is 12.1 Å². The van der Waals surface area contributed by atoms with Gasteiger partial charge in [-0.25, -0.2) is 9.59 Å². The Morgan fingerprint density at radius 1 is 0.611 bits per heavy atom. The van der Waals surface area contributed by atoms with Crippen LogP contribution in [-0.2, 0) is 12.8 Å². The van der Waals surface area contributed by atoms with Gasteiger partial charge in [-0.2, -0.15) is 23.5 Å². The van der Waals surface area contributed by atoms with E-state index in [-0.39, 0.29) is 11.1 Å². The van der Waals surface area contributed by atoms with Crippen LogP contribution in [-0.4, -0.2) is 45.2 Å². The third-order valence-corrected chi connectivity index (χ3v) is 8.90. The molecule has 0 unspecified atom stereocenters. The minimum atomic E-state index is -1.16. The maximum Gasteiger partial charge on any atom is 0.336 e. The number of benzene rings is 1. The Labute approximate surface area is 228 Å². The number of carboxylic acid groups (broad SMARTS) is 2. The SMILES string of the molecule is CCCCCCCCSCCCc1ccc(C(=O)O)c(C(=O)O)c1CCCSCCCCCCCC. The number of carboxylic acids is 2. The Morgan fingerprint density at radius 2 is 1.08 bits per heavy atom. The molecule has 0 saturated heterocycles. The van der Waals surface area contributed by atoms with Crippen LogP contribution in [0.5, 0.6) is 0 Å². The van der Waals surface area contributed by atoms with Gasteiger partial charge in [0.1, 0.15) is 0 Å². The molecule has 0 fully saturated rings. The molecule has 0 atom stereocenters. The van der Waals surface area contributed by atoms with E-state index < -0.39 is 11.9 Å². The first kappa shape index (κ1) is 32.9. The number of hydrogen-bond donors (Lipinski definition) is 2. The van der Waals surface area contributed by atoms with E-state index in [9.17, 15) is 19.8 Å². The minimum Gasteiger partial charge on any atom is -0.478 e. The predicted octanol–water partition coefficient (Wildman–Crippen LogP) is 9.14. The first-order valence-electron chi connectivity index (χ1n) is 14.3.